The van der Waals surface area contributed by atoms with Gasteiger partial charge in [-0.05, 0) is 46.4 Å². The third kappa shape index (κ3) is 3.03. The number of thiophene rings is 1. The molecule has 0 spiro atoms. The first-order valence-electron chi connectivity index (χ1n) is 6.99. The summed E-state index contributed by atoms with van der Waals surface area (Å²) in [7, 11) is 0. The molecule has 1 saturated carbocycles. The fourth-order valence-electron chi connectivity index (χ4n) is 2.55. The maximum absolute atomic E-state index is 13.7. The summed E-state index contributed by atoms with van der Waals surface area (Å²) in [6.07, 6.45) is -0.251. The molecule has 1 amide bonds. The van der Waals surface area contributed by atoms with Crippen molar-refractivity contribution in [3.63, 3.8) is 0 Å². The van der Waals surface area contributed by atoms with Gasteiger partial charge in [0.05, 0.1) is 6.10 Å². The van der Waals surface area contributed by atoms with Crippen LogP contribution in [0.5, 0.6) is 0 Å². The lowest BCUT2D eigenvalue weighted by atomic mass is 10.1. The highest BCUT2D eigenvalue weighted by Crippen LogP contribution is 2.48. The molecule has 2 aromatic rings. The zero-order chi connectivity index (χ0) is 15.7. The van der Waals surface area contributed by atoms with Crippen LogP contribution in [0.15, 0.2) is 35.0 Å². The summed E-state index contributed by atoms with van der Waals surface area (Å²) in [5, 5.41) is 16.2. The number of hydrogen-bond donors (Lipinski definition) is 2. The molecule has 3 atom stereocenters. The Hall–Kier alpha value is -1.79. The van der Waals surface area contributed by atoms with Crippen LogP contribution < -0.4 is 5.32 Å². The molecule has 1 aromatic carbocycles. The van der Waals surface area contributed by atoms with E-state index in [2.05, 4.69) is 5.32 Å². The summed E-state index contributed by atoms with van der Waals surface area (Å²) in [6.45, 7) is 0.115. The molecule has 1 heterocycles. The van der Waals surface area contributed by atoms with E-state index in [-0.39, 0.29) is 29.9 Å². The van der Waals surface area contributed by atoms with E-state index >= 15 is 0 Å². The van der Waals surface area contributed by atoms with Crippen molar-refractivity contribution in [2.24, 2.45) is 5.92 Å². The second-order valence-corrected chi connectivity index (χ2v) is 6.19. The van der Waals surface area contributed by atoms with Crippen molar-refractivity contribution in [3.8, 4) is 0 Å². The van der Waals surface area contributed by atoms with E-state index in [1.54, 1.807) is 6.07 Å². The van der Waals surface area contributed by atoms with Gasteiger partial charge in [0.15, 0.2) is 11.6 Å². The second-order valence-electron chi connectivity index (χ2n) is 5.41. The normalized spacial score (nSPS) is 21.4. The van der Waals surface area contributed by atoms with Gasteiger partial charge in [-0.3, -0.25) is 4.79 Å². The Morgan fingerprint density at radius 2 is 2.23 bits per heavy atom. The van der Waals surface area contributed by atoms with Crippen LogP contribution in [0.3, 0.4) is 0 Å². The molecule has 0 radical (unpaired) electrons. The summed E-state index contributed by atoms with van der Waals surface area (Å²) in [6, 6.07) is 5.81. The molecule has 0 aliphatic heterocycles. The largest absolute Gasteiger partial charge is 0.387 e. The Balaban J connectivity index is 1.56. The first-order chi connectivity index (χ1) is 10.6. The van der Waals surface area contributed by atoms with Crippen molar-refractivity contribution in [1.29, 1.82) is 0 Å². The fraction of sp³-hybridized carbons (Fsp3) is 0.312. The Bertz CT molecular complexity index is 675. The summed E-state index contributed by atoms with van der Waals surface area (Å²) in [5.74, 6) is -2.64. The van der Waals surface area contributed by atoms with E-state index < -0.39 is 17.7 Å². The molecule has 116 valence electrons. The van der Waals surface area contributed by atoms with E-state index in [0.29, 0.717) is 6.42 Å². The lowest BCUT2D eigenvalue weighted by molar-refractivity contribution is -0.122. The molecule has 0 saturated heterocycles. The Morgan fingerprint density at radius 1 is 1.41 bits per heavy atom. The van der Waals surface area contributed by atoms with Gasteiger partial charge >= 0.3 is 0 Å². The van der Waals surface area contributed by atoms with Gasteiger partial charge in [-0.1, -0.05) is 12.1 Å². The molecule has 1 aliphatic rings. The summed E-state index contributed by atoms with van der Waals surface area (Å²) in [5.41, 5.74) is 1.01. The van der Waals surface area contributed by atoms with Crippen LogP contribution >= 0.6 is 11.3 Å². The molecule has 2 N–H and O–H groups in total. The SMILES string of the molecule is O=C(NC[C@H](O)c1ccsc1)[C@@H]1C[C@H]1c1cccc(F)c1F. The second kappa shape index (κ2) is 6.14. The predicted molar refractivity (Wildman–Crippen MR) is 79.5 cm³/mol. The summed E-state index contributed by atoms with van der Waals surface area (Å²) in [4.78, 5) is 12.0. The van der Waals surface area contributed by atoms with Gasteiger partial charge < -0.3 is 10.4 Å². The van der Waals surface area contributed by atoms with Crippen molar-refractivity contribution >= 4 is 17.2 Å². The third-order valence-corrected chi connectivity index (χ3v) is 4.61. The zero-order valence-electron chi connectivity index (χ0n) is 11.6. The quantitative estimate of drug-likeness (QED) is 0.889. The van der Waals surface area contributed by atoms with Gasteiger partial charge in [0.2, 0.25) is 5.91 Å². The van der Waals surface area contributed by atoms with Crippen molar-refractivity contribution in [3.05, 3.63) is 57.8 Å². The number of hydrogen-bond acceptors (Lipinski definition) is 3. The summed E-state index contributed by atoms with van der Waals surface area (Å²) < 4.78 is 26.9. The molecule has 1 aliphatic carbocycles. The maximum Gasteiger partial charge on any atom is 0.223 e. The molecule has 0 unspecified atom stereocenters. The van der Waals surface area contributed by atoms with Crippen LogP contribution in [0, 0.1) is 17.6 Å². The van der Waals surface area contributed by atoms with E-state index in [9.17, 15) is 18.7 Å². The van der Waals surface area contributed by atoms with Crippen LogP contribution in [0.1, 0.15) is 29.6 Å². The van der Waals surface area contributed by atoms with Crippen molar-refractivity contribution in [2.45, 2.75) is 18.4 Å². The van der Waals surface area contributed by atoms with Crippen LogP contribution in [-0.2, 0) is 4.79 Å². The number of rotatable bonds is 5. The van der Waals surface area contributed by atoms with Crippen LogP contribution in [-0.4, -0.2) is 17.6 Å². The van der Waals surface area contributed by atoms with E-state index in [1.807, 2.05) is 10.8 Å². The summed E-state index contributed by atoms with van der Waals surface area (Å²) >= 11 is 1.47. The van der Waals surface area contributed by atoms with E-state index in [4.69, 9.17) is 0 Å². The molecule has 22 heavy (non-hydrogen) atoms. The molecule has 3 nitrogen and oxygen atoms in total. The van der Waals surface area contributed by atoms with Gasteiger partial charge in [0.25, 0.3) is 0 Å². The van der Waals surface area contributed by atoms with Crippen LogP contribution in [0.2, 0.25) is 0 Å². The Morgan fingerprint density at radius 3 is 2.95 bits per heavy atom. The minimum Gasteiger partial charge on any atom is -0.387 e. The number of aliphatic hydroxyl groups excluding tert-OH is 1. The highest BCUT2D eigenvalue weighted by molar-refractivity contribution is 7.07. The maximum atomic E-state index is 13.7. The van der Waals surface area contributed by atoms with Gasteiger partial charge in [-0.2, -0.15) is 11.3 Å². The molecule has 1 fully saturated rings. The smallest absolute Gasteiger partial charge is 0.223 e. The van der Waals surface area contributed by atoms with Crippen LogP contribution in [0.4, 0.5) is 8.78 Å². The highest BCUT2D eigenvalue weighted by atomic mass is 32.1. The zero-order valence-corrected chi connectivity index (χ0v) is 12.4. The monoisotopic (exact) mass is 323 g/mol. The van der Waals surface area contributed by atoms with E-state index in [0.717, 1.165) is 11.6 Å². The molecule has 1 aromatic heterocycles. The van der Waals surface area contributed by atoms with Gasteiger partial charge in [-0.25, -0.2) is 8.78 Å². The van der Waals surface area contributed by atoms with Gasteiger partial charge in [0.1, 0.15) is 0 Å². The van der Waals surface area contributed by atoms with E-state index in [1.165, 1.54) is 23.5 Å². The Labute approximate surface area is 130 Å². The third-order valence-electron chi connectivity index (χ3n) is 3.91. The van der Waals surface area contributed by atoms with Gasteiger partial charge in [0, 0.05) is 12.5 Å². The standard InChI is InChI=1S/C16H15F2NO2S/c17-13-3-1-2-10(15(13)18)11-6-12(11)16(21)19-7-14(20)9-4-5-22-8-9/h1-5,8,11-12,14,20H,6-7H2,(H,19,21)/t11-,12+,14-/m0/s1. The molecule has 0 bridgehead atoms. The number of carbonyl (C=O) groups is 1. The number of amides is 1. The molecule has 3 rings (SSSR count). The molecule has 6 heteroatoms. The van der Waals surface area contributed by atoms with Gasteiger partial charge in [-0.15, -0.1) is 0 Å². The van der Waals surface area contributed by atoms with Crippen molar-refractivity contribution < 1.29 is 18.7 Å². The molecular weight excluding hydrogens is 308 g/mol. The fourth-order valence-corrected chi connectivity index (χ4v) is 3.25. The number of carbonyl (C=O) groups excluding carboxylic acids is 1. The minimum atomic E-state index is -0.892. The van der Waals surface area contributed by atoms with Crippen molar-refractivity contribution in [1.82, 2.24) is 5.32 Å². The number of aliphatic hydroxyl groups is 1. The number of halogens is 2. The Kier molecular flexibility index (Phi) is 4.22. The first-order valence-corrected chi connectivity index (χ1v) is 7.94. The first kappa shape index (κ1) is 15.1. The minimum absolute atomic E-state index is 0.115. The average Bonchev–Trinajstić information content (AvgIpc) is 3.10. The lowest BCUT2D eigenvalue weighted by Crippen LogP contribution is -2.29. The lowest BCUT2D eigenvalue weighted by Gasteiger charge is -2.10. The average molecular weight is 323 g/mol. The number of benzene rings is 1. The number of nitrogens with one attached hydrogen (secondary N) is 1. The molecular formula is C16H15F2NO2S. The van der Waals surface area contributed by atoms with Crippen molar-refractivity contribution in [2.75, 3.05) is 6.54 Å². The predicted octanol–water partition coefficient (Wildman–Crippen LogP) is 2.98. The van der Waals surface area contributed by atoms with Crippen LogP contribution in [0.25, 0.3) is 0 Å². The highest BCUT2D eigenvalue weighted by Gasteiger charge is 2.45. The topological polar surface area (TPSA) is 49.3 Å².